The van der Waals surface area contributed by atoms with Crippen molar-refractivity contribution < 1.29 is 14.3 Å². The van der Waals surface area contributed by atoms with Gasteiger partial charge in [-0.1, -0.05) is 30.3 Å². The first-order valence-electron chi connectivity index (χ1n) is 11.8. The third-order valence-electron chi connectivity index (χ3n) is 6.45. The first-order chi connectivity index (χ1) is 16.5. The Bertz CT molecular complexity index is 1240. The lowest BCUT2D eigenvalue weighted by Gasteiger charge is -2.24. The van der Waals surface area contributed by atoms with E-state index in [1.54, 1.807) is 19.1 Å². The topological polar surface area (TPSA) is 62.7 Å². The number of nitrogens with zero attached hydrogens (tertiary/aromatic N) is 3. The van der Waals surface area contributed by atoms with Crippen LogP contribution in [0, 0.1) is 0 Å². The first-order valence-corrected chi connectivity index (χ1v) is 11.8. The van der Waals surface area contributed by atoms with Crippen molar-refractivity contribution in [1.82, 2.24) is 14.8 Å². The van der Waals surface area contributed by atoms with Gasteiger partial charge < -0.3 is 14.5 Å². The molecule has 2 amide bonds. The summed E-state index contributed by atoms with van der Waals surface area (Å²) in [5, 5.41) is 0.832. The van der Waals surface area contributed by atoms with E-state index in [0.29, 0.717) is 18.7 Å². The number of fused-ring (bicyclic) bond motifs is 2. The molecule has 0 aliphatic heterocycles. The largest absolute Gasteiger partial charge is 0.497 e. The van der Waals surface area contributed by atoms with Crippen LogP contribution in [-0.2, 0) is 11.2 Å². The van der Waals surface area contributed by atoms with Gasteiger partial charge in [0.2, 0.25) is 5.91 Å². The molecule has 1 aliphatic rings. The predicted molar refractivity (Wildman–Crippen MR) is 136 cm³/mol. The summed E-state index contributed by atoms with van der Waals surface area (Å²) in [6.45, 7) is 5.21. The molecule has 1 aromatic heterocycles. The molecule has 0 unspecified atom stereocenters. The number of carbonyl (C=O) groups excluding carboxylic acids is 2. The molecule has 2 aromatic carbocycles. The lowest BCUT2D eigenvalue weighted by molar-refractivity contribution is -0.131. The number of methoxy groups -OCH3 is 1. The number of rotatable bonds is 7. The van der Waals surface area contributed by atoms with Gasteiger partial charge in [0, 0.05) is 25.5 Å². The first kappa shape index (κ1) is 23.5. The summed E-state index contributed by atoms with van der Waals surface area (Å²) in [7, 11) is 3.36. The maximum atomic E-state index is 13.7. The van der Waals surface area contributed by atoms with Crippen LogP contribution in [0.5, 0.6) is 5.75 Å². The van der Waals surface area contributed by atoms with E-state index in [2.05, 4.69) is 6.08 Å². The van der Waals surface area contributed by atoms with Crippen LogP contribution in [0.4, 0.5) is 0 Å². The van der Waals surface area contributed by atoms with E-state index >= 15 is 0 Å². The van der Waals surface area contributed by atoms with Crippen LogP contribution in [0.1, 0.15) is 47.4 Å². The van der Waals surface area contributed by atoms with Crippen LogP contribution >= 0.6 is 0 Å². The van der Waals surface area contributed by atoms with E-state index in [4.69, 9.17) is 9.72 Å². The fraction of sp³-hybridized carbons (Fsp3) is 0.321. The zero-order chi connectivity index (χ0) is 24.2. The van der Waals surface area contributed by atoms with Crippen molar-refractivity contribution in [3.8, 4) is 5.75 Å². The Morgan fingerprint density at radius 1 is 1.03 bits per heavy atom. The van der Waals surface area contributed by atoms with Crippen LogP contribution in [0.3, 0.4) is 0 Å². The number of ether oxygens (including phenoxy) is 1. The smallest absolute Gasteiger partial charge is 0.255 e. The van der Waals surface area contributed by atoms with E-state index in [0.717, 1.165) is 51.9 Å². The fourth-order valence-electron chi connectivity index (χ4n) is 4.57. The minimum absolute atomic E-state index is 0.0454. The highest BCUT2D eigenvalue weighted by Crippen LogP contribution is 2.38. The molecule has 3 aromatic rings. The van der Waals surface area contributed by atoms with Gasteiger partial charge in [-0.25, -0.2) is 4.98 Å². The normalized spacial score (nSPS) is 13.7. The zero-order valence-corrected chi connectivity index (χ0v) is 20.3. The number of aromatic nitrogens is 1. The molecule has 6 nitrogen and oxygen atoms in total. The van der Waals surface area contributed by atoms with Crippen molar-refractivity contribution in [3.63, 3.8) is 0 Å². The van der Waals surface area contributed by atoms with Crippen molar-refractivity contribution in [2.24, 2.45) is 0 Å². The Balaban J connectivity index is 1.74. The predicted octanol–water partition coefficient (Wildman–Crippen LogP) is 4.67. The number of allylic oxidation sites excluding steroid dienone is 1. The number of pyridine rings is 1. The summed E-state index contributed by atoms with van der Waals surface area (Å²) in [5.74, 6) is 0.630. The van der Waals surface area contributed by atoms with Crippen molar-refractivity contribution >= 4 is 34.4 Å². The lowest BCUT2D eigenvalue weighted by atomic mass is 9.99. The standard InChI is InChI=1S/C28H31N3O3/c1-5-31(6-2)25(32)18-30(3)28(33)26-22-9-7-8-10-24(22)29-27-20(13-16-23(26)27)17-19-11-14-21(34-4)15-12-19/h7-12,14-15,17H,5-6,13,16,18H2,1-4H3/b20-17+. The summed E-state index contributed by atoms with van der Waals surface area (Å²) in [4.78, 5) is 34.6. The third kappa shape index (κ3) is 4.53. The molecule has 0 radical (unpaired) electrons. The SMILES string of the molecule is CCN(CC)C(=O)CN(C)C(=O)c1c2c(nc3ccccc13)/C(=C/c1ccc(OC)cc1)CC2. The maximum Gasteiger partial charge on any atom is 0.255 e. The summed E-state index contributed by atoms with van der Waals surface area (Å²) in [5.41, 5.74) is 5.46. The van der Waals surface area contributed by atoms with Crippen LogP contribution in [0.25, 0.3) is 22.6 Å². The lowest BCUT2D eigenvalue weighted by Crippen LogP contribution is -2.41. The van der Waals surface area contributed by atoms with E-state index in [1.165, 1.54) is 4.90 Å². The monoisotopic (exact) mass is 457 g/mol. The molecule has 176 valence electrons. The van der Waals surface area contributed by atoms with Gasteiger partial charge in [0.05, 0.1) is 30.4 Å². The van der Waals surface area contributed by atoms with Crippen LogP contribution < -0.4 is 4.74 Å². The Labute approximate surface area is 200 Å². The minimum Gasteiger partial charge on any atom is -0.497 e. The summed E-state index contributed by atoms with van der Waals surface area (Å²) >= 11 is 0. The number of hydrogen-bond donors (Lipinski definition) is 0. The van der Waals surface area contributed by atoms with E-state index in [9.17, 15) is 9.59 Å². The van der Waals surface area contributed by atoms with Gasteiger partial charge >= 0.3 is 0 Å². The van der Waals surface area contributed by atoms with Crippen LogP contribution in [0.2, 0.25) is 0 Å². The van der Waals surface area contributed by atoms with Gasteiger partial charge in [0.15, 0.2) is 0 Å². The Morgan fingerprint density at radius 2 is 1.74 bits per heavy atom. The van der Waals surface area contributed by atoms with Crippen LogP contribution in [-0.4, -0.2) is 60.4 Å². The molecule has 6 heteroatoms. The highest BCUT2D eigenvalue weighted by atomic mass is 16.5. The average Bonchev–Trinajstić information content (AvgIpc) is 3.25. The Morgan fingerprint density at radius 3 is 2.41 bits per heavy atom. The van der Waals surface area contributed by atoms with Gasteiger partial charge in [-0.15, -0.1) is 0 Å². The molecule has 0 fully saturated rings. The summed E-state index contributed by atoms with van der Waals surface area (Å²) in [6.07, 6.45) is 3.69. The molecule has 4 rings (SSSR count). The molecule has 0 bridgehead atoms. The molecular weight excluding hydrogens is 426 g/mol. The number of para-hydroxylation sites is 1. The average molecular weight is 458 g/mol. The van der Waals surface area contributed by atoms with Gasteiger partial charge in [0.1, 0.15) is 5.75 Å². The zero-order valence-electron chi connectivity index (χ0n) is 20.3. The van der Waals surface area contributed by atoms with Gasteiger partial charge in [0.25, 0.3) is 5.91 Å². The second-order valence-electron chi connectivity index (χ2n) is 8.50. The van der Waals surface area contributed by atoms with Gasteiger partial charge in [-0.05, 0) is 67.7 Å². The summed E-state index contributed by atoms with van der Waals surface area (Å²) in [6, 6.07) is 15.7. The number of likely N-dealkylation sites (N-methyl/N-ethyl adjacent to an activating group) is 2. The molecular formula is C28H31N3O3. The van der Waals surface area contributed by atoms with E-state index < -0.39 is 0 Å². The molecule has 34 heavy (non-hydrogen) atoms. The number of benzene rings is 2. The Hall–Kier alpha value is -3.67. The van der Waals surface area contributed by atoms with Crippen molar-refractivity contribution in [2.75, 3.05) is 33.8 Å². The minimum atomic E-state index is -0.138. The number of carbonyl (C=O) groups is 2. The molecule has 0 saturated carbocycles. The van der Waals surface area contributed by atoms with Crippen LogP contribution in [0.15, 0.2) is 48.5 Å². The van der Waals surface area contributed by atoms with Crippen molar-refractivity contribution in [2.45, 2.75) is 26.7 Å². The fourth-order valence-corrected chi connectivity index (χ4v) is 4.57. The van der Waals surface area contributed by atoms with Crippen molar-refractivity contribution in [3.05, 3.63) is 70.9 Å². The molecule has 0 atom stereocenters. The molecule has 1 heterocycles. The highest BCUT2D eigenvalue weighted by Gasteiger charge is 2.29. The van der Waals surface area contributed by atoms with E-state index in [-0.39, 0.29) is 18.4 Å². The molecule has 1 aliphatic carbocycles. The van der Waals surface area contributed by atoms with Crippen molar-refractivity contribution in [1.29, 1.82) is 0 Å². The second-order valence-corrected chi connectivity index (χ2v) is 8.50. The highest BCUT2D eigenvalue weighted by molar-refractivity contribution is 6.10. The molecule has 0 spiro atoms. The molecule has 0 saturated heterocycles. The number of hydrogen-bond acceptors (Lipinski definition) is 4. The Kier molecular flexibility index (Phi) is 6.96. The van der Waals surface area contributed by atoms with Gasteiger partial charge in [-0.3, -0.25) is 9.59 Å². The second kappa shape index (κ2) is 10.1. The van der Waals surface area contributed by atoms with E-state index in [1.807, 2.05) is 62.4 Å². The molecule has 0 N–H and O–H groups in total. The maximum absolute atomic E-state index is 13.7. The summed E-state index contributed by atoms with van der Waals surface area (Å²) < 4.78 is 5.26. The van der Waals surface area contributed by atoms with Gasteiger partial charge in [-0.2, -0.15) is 0 Å². The third-order valence-corrected chi connectivity index (χ3v) is 6.45. The quantitative estimate of drug-likeness (QED) is 0.517. The number of amides is 2.